The maximum atomic E-state index is 12.9. The van der Waals surface area contributed by atoms with Gasteiger partial charge in [-0.3, -0.25) is 9.48 Å². The molecule has 4 rings (SSSR count). The van der Waals surface area contributed by atoms with Crippen LogP contribution in [0.2, 0.25) is 0 Å². The summed E-state index contributed by atoms with van der Waals surface area (Å²) >= 11 is 1.54. The highest BCUT2D eigenvalue weighted by atomic mass is 35.5. The number of rotatable bonds is 4. The third-order valence-electron chi connectivity index (χ3n) is 4.90. The van der Waals surface area contributed by atoms with Crippen molar-refractivity contribution < 1.29 is 4.79 Å². The first kappa shape index (κ1) is 18.9. The van der Waals surface area contributed by atoms with E-state index in [2.05, 4.69) is 17.2 Å². The maximum absolute atomic E-state index is 12.9. The smallest absolute Gasteiger partial charge is 0.264 e. The summed E-state index contributed by atoms with van der Waals surface area (Å²) in [6.07, 6.45) is 2.05. The predicted molar refractivity (Wildman–Crippen MR) is 108 cm³/mol. The van der Waals surface area contributed by atoms with Gasteiger partial charge in [-0.05, 0) is 31.4 Å². The molecule has 7 heteroatoms. The lowest BCUT2D eigenvalue weighted by molar-refractivity contribution is 0.0746. The summed E-state index contributed by atoms with van der Waals surface area (Å²) < 4.78 is 2.01. The van der Waals surface area contributed by atoms with Crippen LogP contribution in [-0.2, 0) is 6.54 Å². The Morgan fingerprint density at radius 1 is 1.35 bits per heavy atom. The number of thiophene rings is 1. The molecule has 1 atom stereocenters. The van der Waals surface area contributed by atoms with Gasteiger partial charge in [-0.1, -0.05) is 30.3 Å². The van der Waals surface area contributed by atoms with Crippen LogP contribution in [0.5, 0.6) is 0 Å². The Balaban J connectivity index is 0.00000196. The monoisotopic (exact) mass is 390 g/mol. The number of aryl methyl sites for hydroxylation is 1. The van der Waals surface area contributed by atoms with Crippen molar-refractivity contribution in [1.82, 2.24) is 14.7 Å². The van der Waals surface area contributed by atoms with Gasteiger partial charge in [0.15, 0.2) is 0 Å². The summed E-state index contributed by atoms with van der Waals surface area (Å²) in [5, 5.41) is 5.73. The van der Waals surface area contributed by atoms with E-state index < -0.39 is 0 Å². The summed E-state index contributed by atoms with van der Waals surface area (Å²) in [4.78, 5) is 16.7. The minimum atomic E-state index is 0. The van der Waals surface area contributed by atoms with Crippen LogP contribution in [0.1, 0.15) is 33.8 Å². The van der Waals surface area contributed by atoms with Crippen LogP contribution >= 0.6 is 23.7 Å². The van der Waals surface area contributed by atoms with Crippen molar-refractivity contribution in [1.29, 1.82) is 0 Å². The molecule has 1 saturated heterocycles. The van der Waals surface area contributed by atoms with Crippen molar-refractivity contribution in [3.8, 4) is 0 Å². The molecule has 138 valence electrons. The number of halogens is 1. The van der Waals surface area contributed by atoms with Crippen molar-refractivity contribution in [3.63, 3.8) is 0 Å². The van der Waals surface area contributed by atoms with E-state index in [4.69, 9.17) is 5.73 Å². The molecule has 0 radical (unpaired) electrons. The van der Waals surface area contributed by atoms with Gasteiger partial charge in [0.1, 0.15) is 4.83 Å². The van der Waals surface area contributed by atoms with Gasteiger partial charge in [-0.25, -0.2) is 0 Å². The van der Waals surface area contributed by atoms with Gasteiger partial charge in [0, 0.05) is 24.5 Å². The van der Waals surface area contributed by atoms with E-state index in [-0.39, 0.29) is 24.4 Å². The number of aromatic nitrogens is 2. The number of hydrogen-bond acceptors (Lipinski definition) is 4. The van der Waals surface area contributed by atoms with Crippen molar-refractivity contribution in [2.45, 2.75) is 32.4 Å². The zero-order chi connectivity index (χ0) is 17.4. The van der Waals surface area contributed by atoms with Gasteiger partial charge in [-0.2, -0.15) is 5.10 Å². The lowest BCUT2D eigenvalue weighted by Crippen LogP contribution is -2.39. The summed E-state index contributed by atoms with van der Waals surface area (Å²) in [6.45, 7) is 4.07. The molecule has 1 aliphatic heterocycles. The maximum Gasteiger partial charge on any atom is 0.264 e. The predicted octanol–water partition coefficient (Wildman–Crippen LogP) is 3.44. The molecular formula is C19H23ClN4OS. The molecule has 1 amide bonds. The van der Waals surface area contributed by atoms with Crippen molar-refractivity contribution >= 4 is 39.9 Å². The SMILES string of the molecule is Cc1nn(Cc2ccccc2)c2sc(C(=O)N3CCCC3CN)cc12.Cl. The minimum Gasteiger partial charge on any atom is -0.334 e. The van der Waals surface area contributed by atoms with Gasteiger partial charge >= 0.3 is 0 Å². The molecule has 2 aromatic heterocycles. The zero-order valence-corrected chi connectivity index (χ0v) is 16.4. The van der Waals surface area contributed by atoms with Gasteiger partial charge in [0.05, 0.1) is 17.1 Å². The van der Waals surface area contributed by atoms with E-state index in [1.54, 1.807) is 0 Å². The fourth-order valence-electron chi connectivity index (χ4n) is 3.57. The second kappa shape index (κ2) is 7.78. The molecule has 3 aromatic rings. The summed E-state index contributed by atoms with van der Waals surface area (Å²) in [5.74, 6) is 0.111. The highest BCUT2D eigenvalue weighted by Crippen LogP contribution is 2.31. The molecule has 1 fully saturated rings. The standard InChI is InChI=1S/C19H22N4OS.ClH/c1-13-16-10-17(18(24)22-9-5-8-15(22)11-20)25-19(16)23(21-13)12-14-6-3-2-4-7-14;/h2-4,6-7,10,15H,5,8-9,11-12,20H2,1H3;1H. The zero-order valence-electron chi connectivity index (χ0n) is 14.7. The van der Waals surface area contributed by atoms with Crippen LogP contribution in [0.25, 0.3) is 10.2 Å². The highest BCUT2D eigenvalue weighted by Gasteiger charge is 2.29. The average molecular weight is 391 g/mol. The third kappa shape index (κ3) is 3.37. The molecule has 5 nitrogen and oxygen atoms in total. The van der Waals surface area contributed by atoms with Crippen LogP contribution in [0.15, 0.2) is 36.4 Å². The van der Waals surface area contributed by atoms with E-state index in [0.717, 1.165) is 40.2 Å². The van der Waals surface area contributed by atoms with E-state index >= 15 is 0 Å². The molecule has 0 bridgehead atoms. The molecule has 0 aliphatic carbocycles. The fourth-order valence-corrected chi connectivity index (χ4v) is 4.69. The Morgan fingerprint density at radius 3 is 2.85 bits per heavy atom. The summed E-state index contributed by atoms with van der Waals surface area (Å²) in [5.41, 5.74) is 8.00. The molecule has 1 aliphatic rings. The Labute approximate surface area is 163 Å². The normalized spacial score (nSPS) is 16.8. The highest BCUT2D eigenvalue weighted by molar-refractivity contribution is 7.20. The quantitative estimate of drug-likeness (QED) is 0.742. The van der Waals surface area contributed by atoms with Crippen LogP contribution in [-0.4, -0.2) is 39.7 Å². The number of likely N-dealkylation sites (tertiary alicyclic amines) is 1. The average Bonchev–Trinajstić information content (AvgIpc) is 3.33. The summed E-state index contributed by atoms with van der Waals surface area (Å²) in [6, 6.07) is 12.5. The number of benzene rings is 1. The first-order valence-electron chi connectivity index (χ1n) is 8.69. The van der Waals surface area contributed by atoms with E-state index in [1.807, 2.05) is 40.8 Å². The molecule has 2 N–H and O–H groups in total. The summed E-state index contributed by atoms with van der Waals surface area (Å²) in [7, 11) is 0. The van der Waals surface area contributed by atoms with Crippen molar-refractivity contribution in [3.05, 3.63) is 52.5 Å². The topological polar surface area (TPSA) is 64.2 Å². The number of nitrogens with two attached hydrogens (primary N) is 1. The Kier molecular flexibility index (Phi) is 5.65. The minimum absolute atomic E-state index is 0. The first-order chi connectivity index (χ1) is 12.2. The van der Waals surface area contributed by atoms with E-state index in [0.29, 0.717) is 13.1 Å². The second-order valence-electron chi connectivity index (χ2n) is 6.59. The molecule has 1 aromatic carbocycles. The van der Waals surface area contributed by atoms with E-state index in [1.165, 1.54) is 16.9 Å². The lowest BCUT2D eigenvalue weighted by atomic mass is 10.2. The number of fused-ring (bicyclic) bond motifs is 1. The number of carbonyl (C=O) groups excluding carboxylic acids is 1. The van der Waals surface area contributed by atoms with Crippen LogP contribution in [0.3, 0.4) is 0 Å². The molecular weight excluding hydrogens is 368 g/mol. The molecule has 26 heavy (non-hydrogen) atoms. The number of amides is 1. The molecule has 3 heterocycles. The molecule has 1 unspecified atom stereocenters. The van der Waals surface area contributed by atoms with Crippen molar-refractivity contribution in [2.75, 3.05) is 13.1 Å². The largest absolute Gasteiger partial charge is 0.334 e. The second-order valence-corrected chi connectivity index (χ2v) is 7.62. The third-order valence-corrected chi connectivity index (χ3v) is 6.04. The Hall–Kier alpha value is -1.89. The number of carbonyl (C=O) groups is 1. The van der Waals surface area contributed by atoms with Gasteiger partial charge in [-0.15, -0.1) is 23.7 Å². The van der Waals surface area contributed by atoms with Crippen LogP contribution < -0.4 is 5.73 Å². The first-order valence-corrected chi connectivity index (χ1v) is 9.51. The lowest BCUT2D eigenvalue weighted by Gasteiger charge is -2.22. The van der Waals surface area contributed by atoms with Crippen LogP contribution in [0.4, 0.5) is 0 Å². The molecule has 0 saturated carbocycles. The fraction of sp³-hybridized carbons (Fsp3) is 0.368. The Morgan fingerprint density at radius 2 is 2.12 bits per heavy atom. The number of hydrogen-bond donors (Lipinski definition) is 1. The Bertz CT molecular complexity index is 905. The number of nitrogens with zero attached hydrogens (tertiary/aromatic N) is 3. The molecule has 0 spiro atoms. The van der Waals surface area contributed by atoms with Gasteiger partial charge in [0.2, 0.25) is 0 Å². The van der Waals surface area contributed by atoms with Gasteiger partial charge in [0.25, 0.3) is 5.91 Å². The van der Waals surface area contributed by atoms with Crippen molar-refractivity contribution in [2.24, 2.45) is 5.73 Å². The van der Waals surface area contributed by atoms with Crippen LogP contribution in [0, 0.1) is 6.92 Å². The van der Waals surface area contributed by atoms with E-state index in [9.17, 15) is 4.79 Å². The van der Waals surface area contributed by atoms with Gasteiger partial charge < -0.3 is 10.6 Å².